The fraction of sp³-hybridized carbons (Fsp3) is 0.400. The van der Waals surface area contributed by atoms with Crippen molar-refractivity contribution in [3.8, 4) is 0 Å². The molecule has 0 saturated carbocycles. The molecule has 2 N–H and O–H groups in total. The maximum absolute atomic E-state index is 11.9. The van der Waals surface area contributed by atoms with E-state index in [4.69, 9.17) is 5.73 Å². The number of benzene rings is 1. The molecule has 0 amide bonds. The fourth-order valence-corrected chi connectivity index (χ4v) is 3.92. The van der Waals surface area contributed by atoms with Crippen LogP contribution in [0.25, 0.3) is 0 Å². The first kappa shape index (κ1) is 9.68. The minimum atomic E-state index is -3.09. The maximum Gasteiger partial charge on any atom is 0.181 e. The smallest absolute Gasteiger partial charge is 0.181 e. The summed E-state index contributed by atoms with van der Waals surface area (Å²) in [6.45, 7) is 0.428. The van der Waals surface area contributed by atoms with Crippen molar-refractivity contribution in [3.63, 3.8) is 0 Å². The van der Waals surface area contributed by atoms with Crippen LogP contribution in [0.5, 0.6) is 0 Å². The van der Waals surface area contributed by atoms with Crippen molar-refractivity contribution < 1.29 is 8.42 Å². The molecule has 0 radical (unpaired) electrons. The minimum Gasteiger partial charge on any atom is -0.330 e. The van der Waals surface area contributed by atoms with E-state index < -0.39 is 9.84 Å². The minimum absolute atomic E-state index is 0.301. The zero-order chi connectivity index (χ0) is 10.2. The Labute approximate surface area is 83.9 Å². The van der Waals surface area contributed by atoms with Gasteiger partial charge in [-0.15, -0.1) is 0 Å². The van der Waals surface area contributed by atoms with Gasteiger partial charge in [0.05, 0.1) is 10.1 Å². The van der Waals surface area contributed by atoms with Crippen molar-refractivity contribution in [2.45, 2.75) is 23.0 Å². The molecule has 76 valence electrons. The van der Waals surface area contributed by atoms with Crippen molar-refractivity contribution in [1.82, 2.24) is 0 Å². The Hall–Kier alpha value is -0.870. The Morgan fingerprint density at radius 1 is 1.36 bits per heavy atom. The van der Waals surface area contributed by atoms with E-state index in [0.29, 0.717) is 24.3 Å². The van der Waals surface area contributed by atoms with Gasteiger partial charge in [0.1, 0.15) is 0 Å². The SMILES string of the molecule is NCCC1Cc2ccccc2S1(=O)=O. The quantitative estimate of drug-likeness (QED) is 0.784. The number of hydrogen-bond donors (Lipinski definition) is 1. The van der Waals surface area contributed by atoms with Gasteiger partial charge in [-0.05, 0) is 31.0 Å². The summed E-state index contributed by atoms with van der Waals surface area (Å²) in [5.41, 5.74) is 6.34. The predicted octanol–water partition coefficient (Wildman–Crippen LogP) is 0.734. The molecule has 3 nitrogen and oxygen atoms in total. The molecule has 2 rings (SSSR count). The first-order valence-corrected chi connectivity index (χ1v) is 6.23. The summed E-state index contributed by atoms with van der Waals surface area (Å²) in [6.07, 6.45) is 1.17. The molecule has 0 bridgehead atoms. The average molecular weight is 211 g/mol. The van der Waals surface area contributed by atoms with E-state index in [1.165, 1.54) is 0 Å². The molecule has 0 aromatic heterocycles. The average Bonchev–Trinajstić information content (AvgIpc) is 2.41. The second-order valence-corrected chi connectivity index (χ2v) is 5.75. The lowest BCUT2D eigenvalue weighted by atomic mass is 10.1. The summed E-state index contributed by atoms with van der Waals surface area (Å²) in [5, 5.41) is -0.301. The standard InChI is InChI=1S/C10H13NO2S/c11-6-5-9-7-8-3-1-2-4-10(8)14(9,12)13/h1-4,9H,5-7,11H2. The van der Waals surface area contributed by atoms with Crippen LogP contribution in [0.15, 0.2) is 29.2 Å². The molecule has 0 spiro atoms. The van der Waals surface area contributed by atoms with E-state index in [-0.39, 0.29) is 5.25 Å². The van der Waals surface area contributed by atoms with Crippen molar-refractivity contribution in [2.75, 3.05) is 6.54 Å². The number of sulfone groups is 1. The van der Waals surface area contributed by atoms with Gasteiger partial charge in [0.15, 0.2) is 9.84 Å². The highest BCUT2D eigenvalue weighted by Gasteiger charge is 2.35. The van der Waals surface area contributed by atoms with Crippen LogP contribution in [-0.2, 0) is 16.3 Å². The molecule has 0 saturated heterocycles. The highest BCUT2D eigenvalue weighted by atomic mass is 32.2. The van der Waals surface area contributed by atoms with Crippen molar-refractivity contribution in [2.24, 2.45) is 5.73 Å². The van der Waals surface area contributed by atoms with Crippen molar-refractivity contribution >= 4 is 9.84 Å². The van der Waals surface area contributed by atoms with Crippen LogP contribution < -0.4 is 5.73 Å². The van der Waals surface area contributed by atoms with Crippen LogP contribution in [0.4, 0.5) is 0 Å². The molecule has 1 aromatic carbocycles. The fourth-order valence-electron chi connectivity index (χ4n) is 1.93. The third-order valence-electron chi connectivity index (χ3n) is 2.65. The van der Waals surface area contributed by atoms with Gasteiger partial charge in [-0.25, -0.2) is 8.42 Å². The largest absolute Gasteiger partial charge is 0.330 e. The first-order valence-electron chi connectivity index (χ1n) is 4.68. The Morgan fingerprint density at radius 3 is 2.71 bits per heavy atom. The molecule has 1 heterocycles. The van der Waals surface area contributed by atoms with Crippen molar-refractivity contribution in [3.05, 3.63) is 29.8 Å². The van der Waals surface area contributed by atoms with E-state index in [2.05, 4.69) is 0 Å². The van der Waals surface area contributed by atoms with Crippen LogP contribution >= 0.6 is 0 Å². The molecule has 0 fully saturated rings. The Kier molecular flexibility index (Phi) is 2.33. The molecule has 1 aromatic rings. The summed E-state index contributed by atoms with van der Waals surface area (Å²) >= 11 is 0. The molecular weight excluding hydrogens is 198 g/mol. The molecule has 0 aliphatic carbocycles. The normalized spacial score (nSPS) is 23.4. The highest BCUT2D eigenvalue weighted by Crippen LogP contribution is 2.32. The van der Waals surface area contributed by atoms with Gasteiger partial charge < -0.3 is 5.73 Å². The topological polar surface area (TPSA) is 60.2 Å². The van der Waals surface area contributed by atoms with Gasteiger partial charge in [0.2, 0.25) is 0 Å². The van der Waals surface area contributed by atoms with E-state index in [1.807, 2.05) is 12.1 Å². The molecule has 1 aliphatic rings. The molecule has 1 atom stereocenters. The van der Waals surface area contributed by atoms with Crippen LogP contribution in [0.2, 0.25) is 0 Å². The first-order chi connectivity index (χ1) is 6.66. The monoisotopic (exact) mass is 211 g/mol. The zero-order valence-corrected chi connectivity index (χ0v) is 8.63. The van der Waals surface area contributed by atoms with E-state index in [0.717, 1.165) is 5.56 Å². The van der Waals surface area contributed by atoms with Crippen LogP contribution in [0.3, 0.4) is 0 Å². The summed E-state index contributed by atoms with van der Waals surface area (Å²) < 4.78 is 23.8. The lowest BCUT2D eigenvalue weighted by Crippen LogP contribution is -2.20. The Bertz CT molecular complexity index is 439. The lowest BCUT2D eigenvalue weighted by Gasteiger charge is -2.06. The summed E-state index contributed by atoms with van der Waals surface area (Å²) in [5.74, 6) is 0. The van der Waals surface area contributed by atoms with Gasteiger partial charge in [-0.2, -0.15) is 0 Å². The number of hydrogen-bond acceptors (Lipinski definition) is 3. The van der Waals surface area contributed by atoms with Gasteiger partial charge in [-0.3, -0.25) is 0 Å². The number of nitrogens with two attached hydrogens (primary N) is 1. The second-order valence-electron chi connectivity index (χ2n) is 3.56. The number of fused-ring (bicyclic) bond motifs is 1. The lowest BCUT2D eigenvalue weighted by molar-refractivity contribution is 0.580. The molecular formula is C10H13NO2S. The van der Waals surface area contributed by atoms with Gasteiger partial charge in [0.25, 0.3) is 0 Å². The molecule has 1 aliphatic heterocycles. The van der Waals surface area contributed by atoms with Gasteiger partial charge in [-0.1, -0.05) is 18.2 Å². The molecule has 14 heavy (non-hydrogen) atoms. The van der Waals surface area contributed by atoms with Crippen LogP contribution in [0, 0.1) is 0 Å². The third kappa shape index (κ3) is 1.35. The molecule has 4 heteroatoms. The zero-order valence-electron chi connectivity index (χ0n) is 7.81. The van der Waals surface area contributed by atoms with E-state index in [1.54, 1.807) is 12.1 Å². The van der Waals surface area contributed by atoms with Crippen LogP contribution in [0.1, 0.15) is 12.0 Å². The summed E-state index contributed by atoms with van der Waals surface area (Å²) in [6, 6.07) is 7.20. The van der Waals surface area contributed by atoms with E-state index >= 15 is 0 Å². The van der Waals surface area contributed by atoms with E-state index in [9.17, 15) is 8.42 Å². The Morgan fingerprint density at radius 2 is 2.07 bits per heavy atom. The van der Waals surface area contributed by atoms with Crippen molar-refractivity contribution in [1.29, 1.82) is 0 Å². The number of rotatable bonds is 2. The third-order valence-corrected chi connectivity index (χ3v) is 4.95. The maximum atomic E-state index is 11.9. The van der Waals surface area contributed by atoms with Gasteiger partial charge >= 0.3 is 0 Å². The second kappa shape index (κ2) is 3.37. The van der Waals surface area contributed by atoms with Gasteiger partial charge in [0, 0.05) is 0 Å². The molecule has 1 unspecified atom stereocenters. The Balaban J connectivity index is 2.46. The summed E-state index contributed by atoms with van der Waals surface area (Å²) in [7, 11) is -3.09. The van der Waals surface area contributed by atoms with Crippen LogP contribution in [-0.4, -0.2) is 20.2 Å². The predicted molar refractivity (Wildman–Crippen MR) is 54.8 cm³/mol. The highest BCUT2D eigenvalue weighted by molar-refractivity contribution is 7.92. The summed E-state index contributed by atoms with van der Waals surface area (Å²) in [4.78, 5) is 0.499.